The van der Waals surface area contributed by atoms with Crippen LogP contribution in [0.3, 0.4) is 0 Å². The minimum absolute atomic E-state index is 0.0717. The summed E-state index contributed by atoms with van der Waals surface area (Å²) in [5.74, 6) is -4.60. The van der Waals surface area contributed by atoms with E-state index >= 15 is 0 Å². The molecule has 5 nitrogen and oxygen atoms in total. The Balaban J connectivity index is 2.41. The zero-order valence-corrected chi connectivity index (χ0v) is 10.9. The van der Waals surface area contributed by atoms with Gasteiger partial charge in [0.15, 0.2) is 17.4 Å². The number of nitrogen functional groups attached to an aromatic ring is 1. The first-order valence-electron chi connectivity index (χ1n) is 5.78. The summed E-state index contributed by atoms with van der Waals surface area (Å²) in [7, 11) is 1.63. The van der Waals surface area contributed by atoms with Gasteiger partial charge in [0, 0.05) is 19.2 Å². The lowest BCUT2D eigenvalue weighted by atomic mass is 10.2. The first kappa shape index (κ1) is 14.6. The summed E-state index contributed by atoms with van der Waals surface area (Å²) in [6.07, 6.45) is 0. The third-order valence-electron chi connectivity index (χ3n) is 2.75. The first-order chi connectivity index (χ1) is 9.97. The molecule has 0 spiro atoms. The number of halogens is 3. The van der Waals surface area contributed by atoms with Crippen molar-refractivity contribution in [2.75, 3.05) is 18.1 Å². The number of rotatable bonds is 4. The van der Waals surface area contributed by atoms with E-state index in [1.54, 1.807) is 7.05 Å². The second kappa shape index (κ2) is 5.70. The number of nitrogens with zero attached hydrogens (tertiary/aromatic N) is 1. The number of nitrogens with one attached hydrogen (secondary N) is 2. The van der Waals surface area contributed by atoms with Crippen molar-refractivity contribution in [1.82, 2.24) is 0 Å². The third kappa shape index (κ3) is 2.73. The van der Waals surface area contributed by atoms with E-state index in [2.05, 4.69) is 10.4 Å². The van der Waals surface area contributed by atoms with E-state index in [1.165, 1.54) is 18.2 Å². The molecule has 0 fully saturated rings. The Morgan fingerprint density at radius 1 is 1.19 bits per heavy atom. The Morgan fingerprint density at radius 2 is 1.90 bits per heavy atom. The van der Waals surface area contributed by atoms with Crippen LogP contribution in [0, 0.1) is 23.0 Å². The number of hydrogen-bond acceptors (Lipinski definition) is 5. The zero-order valence-electron chi connectivity index (χ0n) is 10.9. The highest BCUT2D eigenvalue weighted by molar-refractivity contribution is 5.67. The van der Waals surface area contributed by atoms with Crippen molar-refractivity contribution in [3.05, 3.63) is 41.7 Å². The predicted molar refractivity (Wildman–Crippen MR) is 71.6 cm³/mol. The number of anilines is 2. The molecule has 0 saturated carbocycles. The molecule has 0 amide bonds. The lowest BCUT2D eigenvalue weighted by Crippen LogP contribution is -2.01. The second-order valence-corrected chi connectivity index (χ2v) is 4.04. The topological polar surface area (TPSA) is 83.5 Å². The van der Waals surface area contributed by atoms with Crippen molar-refractivity contribution < 1.29 is 17.9 Å². The summed E-state index contributed by atoms with van der Waals surface area (Å²) in [5, 5.41) is 6.06. The summed E-state index contributed by atoms with van der Waals surface area (Å²) in [5.41, 5.74) is 11.9. The van der Waals surface area contributed by atoms with Crippen molar-refractivity contribution in [3.8, 4) is 11.5 Å². The molecule has 0 bridgehead atoms. The van der Waals surface area contributed by atoms with Crippen molar-refractivity contribution >= 4 is 17.1 Å². The van der Waals surface area contributed by atoms with Crippen LogP contribution in [0.5, 0.6) is 11.5 Å². The average Bonchev–Trinajstić information content (AvgIpc) is 2.50. The van der Waals surface area contributed by atoms with Gasteiger partial charge < -0.3 is 15.8 Å². The fraction of sp³-hybridized carbons (Fsp3) is 0.0769. The van der Waals surface area contributed by atoms with Gasteiger partial charge >= 0.3 is 0 Å². The summed E-state index contributed by atoms with van der Waals surface area (Å²) < 4.78 is 45.4. The molecule has 0 atom stereocenters. The van der Waals surface area contributed by atoms with E-state index in [4.69, 9.17) is 16.0 Å². The largest absolute Gasteiger partial charge is 0.454 e. The Kier molecular flexibility index (Phi) is 3.97. The van der Waals surface area contributed by atoms with Crippen LogP contribution in [0.4, 0.5) is 30.2 Å². The van der Waals surface area contributed by atoms with Crippen LogP contribution in [-0.2, 0) is 0 Å². The number of ether oxygens (including phenoxy) is 1. The van der Waals surface area contributed by atoms with Gasteiger partial charge in [-0.15, -0.1) is 0 Å². The highest BCUT2D eigenvalue weighted by Crippen LogP contribution is 2.34. The maximum Gasteiger partial charge on any atom is 0.203 e. The van der Waals surface area contributed by atoms with Gasteiger partial charge in [0.2, 0.25) is 5.82 Å². The van der Waals surface area contributed by atoms with Gasteiger partial charge in [-0.2, -0.15) is 9.50 Å². The third-order valence-corrected chi connectivity index (χ3v) is 2.75. The molecule has 0 saturated heterocycles. The summed E-state index contributed by atoms with van der Waals surface area (Å²) >= 11 is 0. The standard InChI is InChI=1S/C13H11F3N4O/c1-19-8-3-2-6(4-9(8)20-18)21-10-5-7(14)13(17)12(16)11(10)15/h2-5,18-19H,17H2,1H3. The van der Waals surface area contributed by atoms with Gasteiger partial charge in [-0.25, -0.2) is 14.3 Å². The van der Waals surface area contributed by atoms with Crippen molar-refractivity contribution in [3.63, 3.8) is 0 Å². The lowest BCUT2D eigenvalue weighted by molar-refractivity contribution is 0.410. The molecular weight excluding hydrogens is 285 g/mol. The minimum Gasteiger partial charge on any atom is -0.454 e. The normalized spacial score (nSPS) is 10.3. The maximum atomic E-state index is 13.6. The molecule has 0 aliphatic carbocycles. The summed E-state index contributed by atoms with van der Waals surface area (Å²) in [6, 6.07) is 4.94. The van der Waals surface area contributed by atoms with Crippen LogP contribution in [-0.4, -0.2) is 7.05 Å². The summed E-state index contributed by atoms with van der Waals surface area (Å²) in [4.78, 5) is 0. The van der Waals surface area contributed by atoms with Gasteiger partial charge in [-0.1, -0.05) is 0 Å². The molecule has 0 unspecified atom stereocenters. The Labute approximate surface area is 118 Å². The van der Waals surface area contributed by atoms with Crippen molar-refractivity contribution in [2.45, 2.75) is 0 Å². The molecule has 0 aliphatic rings. The van der Waals surface area contributed by atoms with Gasteiger partial charge in [-0.3, -0.25) is 0 Å². The zero-order chi connectivity index (χ0) is 15.6. The van der Waals surface area contributed by atoms with Crippen LogP contribution in [0.1, 0.15) is 0 Å². The van der Waals surface area contributed by atoms with E-state index < -0.39 is 28.9 Å². The Bertz CT molecular complexity index is 706. The van der Waals surface area contributed by atoms with Crippen LogP contribution in [0.2, 0.25) is 0 Å². The van der Waals surface area contributed by atoms with Gasteiger partial charge in [0.25, 0.3) is 0 Å². The minimum atomic E-state index is -1.51. The fourth-order valence-corrected chi connectivity index (χ4v) is 1.67. The van der Waals surface area contributed by atoms with E-state index in [0.717, 1.165) is 0 Å². The molecule has 110 valence electrons. The first-order valence-corrected chi connectivity index (χ1v) is 5.78. The van der Waals surface area contributed by atoms with Crippen molar-refractivity contribution in [2.24, 2.45) is 5.11 Å². The van der Waals surface area contributed by atoms with E-state index in [-0.39, 0.29) is 11.4 Å². The molecule has 2 rings (SSSR count). The SMILES string of the molecule is CNc1ccc(Oc2cc(F)c(N)c(F)c2F)cc1N=N. The van der Waals surface area contributed by atoms with E-state index in [1.807, 2.05) is 0 Å². The van der Waals surface area contributed by atoms with Gasteiger partial charge in [0.05, 0.1) is 5.69 Å². The van der Waals surface area contributed by atoms with Crippen LogP contribution in [0.25, 0.3) is 0 Å². The highest BCUT2D eigenvalue weighted by atomic mass is 19.2. The molecule has 4 N–H and O–H groups in total. The highest BCUT2D eigenvalue weighted by Gasteiger charge is 2.18. The van der Waals surface area contributed by atoms with Gasteiger partial charge in [-0.05, 0) is 12.1 Å². The molecule has 0 radical (unpaired) electrons. The number of benzene rings is 2. The molecule has 0 heterocycles. The number of hydrogen-bond donors (Lipinski definition) is 3. The molecule has 2 aromatic carbocycles. The van der Waals surface area contributed by atoms with E-state index in [9.17, 15) is 13.2 Å². The molecule has 0 aromatic heterocycles. The smallest absolute Gasteiger partial charge is 0.203 e. The molecule has 0 aliphatic heterocycles. The van der Waals surface area contributed by atoms with Crippen molar-refractivity contribution in [1.29, 1.82) is 5.53 Å². The number of nitrogens with two attached hydrogens (primary N) is 1. The molecule has 2 aromatic rings. The monoisotopic (exact) mass is 296 g/mol. The molecular formula is C13H11F3N4O. The Morgan fingerprint density at radius 3 is 2.52 bits per heavy atom. The van der Waals surface area contributed by atoms with Gasteiger partial charge in [0.1, 0.15) is 17.1 Å². The quantitative estimate of drug-likeness (QED) is 0.449. The lowest BCUT2D eigenvalue weighted by Gasteiger charge is -2.11. The fourth-order valence-electron chi connectivity index (χ4n) is 1.67. The molecule has 21 heavy (non-hydrogen) atoms. The second-order valence-electron chi connectivity index (χ2n) is 4.04. The van der Waals surface area contributed by atoms with E-state index in [0.29, 0.717) is 11.8 Å². The van der Waals surface area contributed by atoms with Crippen LogP contribution < -0.4 is 15.8 Å². The summed E-state index contributed by atoms with van der Waals surface area (Å²) in [6.45, 7) is 0. The Hall–Kier alpha value is -2.77. The molecule has 8 heteroatoms. The average molecular weight is 296 g/mol. The van der Waals surface area contributed by atoms with Crippen LogP contribution >= 0.6 is 0 Å². The van der Waals surface area contributed by atoms with Crippen LogP contribution in [0.15, 0.2) is 29.4 Å². The predicted octanol–water partition coefficient (Wildman–Crippen LogP) is 4.18. The maximum absolute atomic E-state index is 13.6.